The van der Waals surface area contributed by atoms with E-state index in [2.05, 4.69) is 209 Å². The van der Waals surface area contributed by atoms with E-state index in [0.717, 1.165) is 128 Å². The molecule has 0 radical (unpaired) electrons. The normalized spacial score (nSPS) is 11.5. The van der Waals surface area contributed by atoms with E-state index in [4.69, 9.17) is 19.9 Å². The molecule has 0 saturated heterocycles. The predicted octanol–water partition coefficient (Wildman–Crippen LogP) is 14.8. The van der Waals surface area contributed by atoms with E-state index in [1.807, 2.05) is 0 Å². The molecule has 0 atom stereocenters. The molecular weight excluding hydrogens is 741 g/mol. The van der Waals surface area contributed by atoms with E-state index in [-0.39, 0.29) is 0 Å². The molecule has 61 heavy (non-hydrogen) atoms. The SMILES string of the molecule is Cc1cc(-c2ccccc2)c2ccc3c(-c4ccccc4)cc(-c4ccc(-c5cc(-c6ccccc6)c6ccc7c(-c8ccccc8)cc(C)nc7c6n5)c(C)c4)nc3c2n1. The zero-order chi connectivity index (χ0) is 41.0. The smallest absolute Gasteiger partial charge is 0.0978 e. The lowest BCUT2D eigenvalue weighted by Crippen LogP contribution is -1.97. The highest BCUT2D eigenvalue weighted by Gasteiger charge is 2.19. The third-order valence-electron chi connectivity index (χ3n) is 11.9. The molecule has 0 fully saturated rings. The summed E-state index contributed by atoms with van der Waals surface area (Å²) < 4.78 is 0. The quantitative estimate of drug-likeness (QED) is 0.158. The van der Waals surface area contributed by atoms with Crippen LogP contribution in [0.4, 0.5) is 0 Å². The van der Waals surface area contributed by atoms with Crippen LogP contribution >= 0.6 is 0 Å². The van der Waals surface area contributed by atoms with E-state index >= 15 is 0 Å². The molecule has 0 spiro atoms. The Labute approximate surface area is 354 Å². The summed E-state index contributed by atoms with van der Waals surface area (Å²) in [4.78, 5) is 21.3. The first-order valence-electron chi connectivity index (χ1n) is 20.8. The maximum Gasteiger partial charge on any atom is 0.0978 e. The number of benzene rings is 7. The number of rotatable bonds is 6. The summed E-state index contributed by atoms with van der Waals surface area (Å²) in [6.45, 7) is 6.32. The lowest BCUT2D eigenvalue weighted by Gasteiger charge is -2.16. The van der Waals surface area contributed by atoms with Crippen LogP contribution in [0.1, 0.15) is 17.0 Å². The van der Waals surface area contributed by atoms with Gasteiger partial charge in [0.05, 0.1) is 33.5 Å². The zero-order valence-electron chi connectivity index (χ0n) is 34.2. The van der Waals surface area contributed by atoms with Gasteiger partial charge in [-0.2, -0.15) is 0 Å². The molecule has 7 aromatic carbocycles. The van der Waals surface area contributed by atoms with Crippen LogP contribution in [0, 0.1) is 20.8 Å². The Bertz CT molecular complexity index is 3470. The average Bonchev–Trinajstić information content (AvgIpc) is 3.31. The Morgan fingerprint density at radius 2 is 0.607 bits per heavy atom. The number of hydrogen-bond acceptors (Lipinski definition) is 4. The number of fused-ring (bicyclic) bond motifs is 6. The zero-order valence-corrected chi connectivity index (χ0v) is 34.2. The maximum atomic E-state index is 5.48. The third kappa shape index (κ3) is 6.41. The number of nitrogens with zero attached hydrogens (tertiary/aromatic N) is 4. The Kier molecular flexibility index (Phi) is 8.79. The Morgan fingerprint density at radius 3 is 1.00 bits per heavy atom. The van der Waals surface area contributed by atoms with Gasteiger partial charge >= 0.3 is 0 Å². The molecule has 0 amide bonds. The van der Waals surface area contributed by atoms with Crippen LogP contribution < -0.4 is 0 Å². The Hall–Kier alpha value is -7.82. The fraction of sp³-hybridized carbons (Fsp3) is 0.0526. The van der Waals surface area contributed by atoms with Gasteiger partial charge in [-0.3, -0.25) is 9.97 Å². The van der Waals surface area contributed by atoms with E-state index in [1.54, 1.807) is 0 Å². The molecule has 4 heterocycles. The van der Waals surface area contributed by atoms with Crippen molar-refractivity contribution >= 4 is 43.6 Å². The predicted molar refractivity (Wildman–Crippen MR) is 254 cm³/mol. The second-order valence-electron chi connectivity index (χ2n) is 15.9. The molecule has 0 unspecified atom stereocenters. The van der Waals surface area contributed by atoms with Crippen LogP contribution in [0.3, 0.4) is 0 Å². The summed E-state index contributed by atoms with van der Waals surface area (Å²) in [5, 5.41) is 4.33. The van der Waals surface area contributed by atoms with Crippen molar-refractivity contribution in [3.63, 3.8) is 0 Å². The largest absolute Gasteiger partial charge is 0.251 e. The molecule has 11 rings (SSSR count). The van der Waals surface area contributed by atoms with Gasteiger partial charge in [0, 0.05) is 44.1 Å². The summed E-state index contributed by atoms with van der Waals surface area (Å²) in [5.74, 6) is 0. The maximum absolute atomic E-state index is 5.48. The lowest BCUT2D eigenvalue weighted by molar-refractivity contribution is 1.25. The van der Waals surface area contributed by atoms with E-state index < -0.39 is 0 Å². The molecule has 0 N–H and O–H groups in total. The van der Waals surface area contributed by atoms with Crippen LogP contribution in [-0.4, -0.2) is 19.9 Å². The van der Waals surface area contributed by atoms with Crippen LogP contribution in [0.2, 0.25) is 0 Å². The van der Waals surface area contributed by atoms with Gasteiger partial charge in [0.1, 0.15) is 0 Å². The van der Waals surface area contributed by atoms with Gasteiger partial charge in [-0.1, -0.05) is 158 Å². The van der Waals surface area contributed by atoms with Crippen molar-refractivity contribution in [3.05, 3.63) is 205 Å². The van der Waals surface area contributed by atoms with Crippen molar-refractivity contribution in [2.75, 3.05) is 0 Å². The first-order valence-corrected chi connectivity index (χ1v) is 20.8. The molecule has 4 heteroatoms. The van der Waals surface area contributed by atoms with Crippen molar-refractivity contribution in [2.45, 2.75) is 20.8 Å². The molecule has 288 valence electrons. The van der Waals surface area contributed by atoms with Crippen LogP contribution in [0.15, 0.2) is 188 Å². The van der Waals surface area contributed by atoms with Crippen molar-refractivity contribution in [3.8, 4) is 67.0 Å². The second kappa shape index (κ2) is 14.8. The van der Waals surface area contributed by atoms with Crippen LogP contribution in [0.5, 0.6) is 0 Å². The molecule has 0 saturated carbocycles. The van der Waals surface area contributed by atoms with Gasteiger partial charge in [-0.15, -0.1) is 0 Å². The molecule has 0 aliphatic heterocycles. The Balaban J connectivity index is 1.11. The minimum absolute atomic E-state index is 0.893. The average molecular weight is 781 g/mol. The van der Waals surface area contributed by atoms with Crippen molar-refractivity contribution < 1.29 is 0 Å². The van der Waals surface area contributed by atoms with E-state index in [1.165, 1.54) is 0 Å². The number of pyridine rings is 4. The summed E-state index contributed by atoms with van der Waals surface area (Å²) in [7, 11) is 0. The molecule has 0 bridgehead atoms. The Morgan fingerprint density at radius 1 is 0.262 bits per heavy atom. The van der Waals surface area contributed by atoms with Crippen molar-refractivity contribution in [1.82, 2.24) is 19.9 Å². The standard InChI is InChI=1S/C57H40N4/c1-35-30-42(52-33-50(40-20-12-6-13-21-40)46-28-26-44-48(38-16-8-4-9-17-38)31-36(2)58-54(44)56(46)60-52)24-25-43(35)53-34-51(41-22-14-7-15-23-41)47-29-27-45-49(39-18-10-5-11-19-39)32-37(3)59-55(45)57(47)61-53/h4-34H,1-3H3. The molecular formula is C57H40N4. The van der Waals surface area contributed by atoms with Crippen LogP contribution in [0.25, 0.3) is 111 Å². The fourth-order valence-corrected chi connectivity index (χ4v) is 9.03. The highest BCUT2D eigenvalue weighted by atomic mass is 14.8. The van der Waals surface area contributed by atoms with Gasteiger partial charge in [0.15, 0.2) is 0 Å². The fourth-order valence-electron chi connectivity index (χ4n) is 9.03. The second-order valence-corrected chi connectivity index (χ2v) is 15.9. The summed E-state index contributed by atoms with van der Waals surface area (Å²) in [5.41, 5.74) is 19.7. The highest BCUT2D eigenvalue weighted by Crippen LogP contribution is 2.41. The van der Waals surface area contributed by atoms with Gasteiger partial charge in [-0.05, 0) is 101 Å². The summed E-state index contributed by atoms with van der Waals surface area (Å²) >= 11 is 0. The lowest BCUT2D eigenvalue weighted by atomic mass is 9.92. The summed E-state index contributed by atoms with van der Waals surface area (Å²) in [6, 6.07) is 66.7. The van der Waals surface area contributed by atoms with E-state index in [9.17, 15) is 0 Å². The molecule has 11 aromatic rings. The first-order chi connectivity index (χ1) is 30.0. The molecule has 0 aliphatic rings. The van der Waals surface area contributed by atoms with Gasteiger partial charge in [-0.25, -0.2) is 9.97 Å². The third-order valence-corrected chi connectivity index (χ3v) is 11.9. The van der Waals surface area contributed by atoms with Crippen molar-refractivity contribution in [2.24, 2.45) is 0 Å². The van der Waals surface area contributed by atoms with Gasteiger partial charge in [0.25, 0.3) is 0 Å². The summed E-state index contributed by atoms with van der Waals surface area (Å²) in [6.07, 6.45) is 0. The topological polar surface area (TPSA) is 51.6 Å². The van der Waals surface area contributed by atoms with Gasteiger partial charge in [0.2, 0.25) is 0 Å². The van der Waals surface area contributed by atoms with Gasteiger partial charge < -0.3 is 0 Å². The van der Waals surface area contributed by atoms with Crippen LogP contribution in [-0.2, 0) is 0 Å². The molecule has 0 aliphatic carbocycles. The number of hydrogen-bond donors (Lipinski definition) is 0. The van der Waals surface area contributed by atoms with Crippen molar-refractivity contribution in [1.29, 1.82) is 0 Å². The molecule has 4 nitrogen and oxygen atoms in total. The monoisotopic (exact) mass is 780 g/mol. The first kappa shape index (κ1) is 36.3. The van der Waals surface area contributed by atoms with E-state index in [0.29, 0.717) is 0 Å². The number of aromatic nitrogens is 4. The molecule has 4 aromatic heterocycles. The minimum atomic E-state index is 0.893. The minimum Gasteiger partial charge on any atom is -0.251 e. The highest BCUT2D eigenvalue weighted by molar-refractivity contribution is 6.14. The number of aryl methyl sites for hydroxylation is 3.